The predicted octanol–water partition coefficient (Wildman–Crippen LogP) is 1.10. The Labute approximate surface area is 162 Å². The van der Waals surface area contributed by atoms with Gasteiger partial charge in [0.2, 0.25) is 0 Å². The summed E-state index contributed by atoms with van der Waals surface area (Å²) in [4.78, 5) is 45.1. The highest BCUT2D eigenvalue weighted by atomic mass is 16.2. The summed E-state index contributed by atoms with van der Waals surface area (Å²) in [6, 6.07) is 1.80. The number of hydrogen-bond acceptors (Lipinski definition) is 5. The van der Waals surface area contributed by atoms with Gasteiger partial charge in [-0.1, -0.05) is 13.8 Å². The molecule has 2 aliphatic rings. The monoisotopic (exact) mass is 385 g/mol. The quantitative estimate of drug-likeness (QED) is 0.714. The second-order valence-electron chi connectivity index (χ2n) is 8.03. The number of fused-ring (bicyclic) bond motifs is 1. The molecule has 1 aliphatic carbocycles. The van der Waals surface area contributed by atoms with Crippen molar-refractivity contribution in [2.45, 2.75) is 58.0 Å². The minimum absolute atomic E-state index is 0.0574. The number of amides is 1. The first-order valence-electron chi connectivity index (χ1n) is 10.2. The SMILES string of the molecule is CCCn1c(=O)[nH]c(=O)c2c(C(=O)NC3CCNCC3C)cc(C3CC3)nc21. The molecule has 4 rings (SSSR count). The summed E-state index contributed by atoms with van der Waals surface area (Å²) in [6.45, 7) is 6.21. The molecular formula is C20H27N5O3. The average Bonchev–Trinajstić information content (AvgIpc) is 3.51. The van der Waals surface area contributed by atoms with E-state index in [1.54, 1.807) is 6.07 Å². The Hall–Kier alpha value is -2.48. The van der Waals surface area contributed by atoms with Gasteiger partial charge in [-0.25, -0.2) is 9.78 Å². The number of aromatic amines is 1. The number of nitrogens with one attached hydrogen (secondary N) is 3. The van der Waals surface area contributed by atoms with Gasteiger partial charge in [0.1, 0.15) is 0 Å². The van der Waals surface area contributed by atoms with Crippen molar-refractivity contribution in [3.8, 4) is 0 Å². The van der Waals surface area contributed by atoms with Crippen LogP contribution in [0.25, 0.3) is 11.0 Å². The van der Waals surface area contributed by atoms with Gasteiger partial charge in [0, 0.05) is 24.2 Å². The van der Waals surface area contributed by atoms with Crippen LogP contribution in [0.3, 0.4) is 0 Å². The highest BCUT2D eigenvalue weighted by Gasteiger charge is 2.30. The fourth-order valence-corrected chi connectivity index (χ4v) is 3.97. The average molecular weight is 385 g/mol. The largest absolute Gasteiger partial charge is 0.349 e. The summed E-state index contributed by atoms with van der Waals surface area (Å²) in [7, 11) is 0. The van der Waals surface area contributed by atoms with Crippen molar-refractivity contribution < 1.29 is 4.79 Å². The molecule has 2 aromatic rings. The molecule has 2 atom stereocenters. The van der Waals surface area contributed by atoms with E-state index in [9.17, 15) is 14.4 Å². The van der Waals surface area contributed by atoms with E-state index in [-0.39, 0.29) is 17.3 Å². The third-order valence-electron chi connectivity index (χ3n) is 5.76. The van der Waals surface area contributed by atoms with E-state index in [4.69, 9.17) is 0 Å². The summed E-state index contributed by atoms with van der Waals surface area (Å²) in [5.41, 5.74) is 0.418. The molecule has 3 N–H and O–H groups in total. The second-order valence-corrected chi connectivity index (χ2v) is 8.03. The topological polar surface area (TPSA) is 109 Å². The van der Waals surface area contributed by atoms with E-state index in [2.05, 4.69) is 27.5 Å². The second kappa shape index (κ2) is 7.50. The number of hydrogen-bond donors (Lipinski definition) is 3. The maximum absolute atomic E-state index is 13.2. The number of piperidine rings is 1. The van der Waals surface area contributed by atoms with Gasteiger partial charge in [-0.2, -0.15) is 0 Å². The molecule has 3 heterocycles. The number of rotatable bonds is 5. The first-order valence-corrected chi connectivity index (χ1v) is 10.2. The molecule has 2 fully saturated rings. The number of pyridine rings is 1. The van der Waals surface area contributed by atoms with Gasteiger partial charge in [-0.3, -0.25) is 19.1 Å². The maximum Gasteiger partial charge on any atom is 0.329 e. The van der Waals surface area contributed by atoms with Gasteiger partial charge < -0.3 is 10.6 Å². The number of aryl methyl sites for hydroxylation is 1. The van der Waals surface area contributed by atoms with Crippen LogP contribution in [-0.4, -0.2) is 39.6 Å². The lowest BCUT2D eigenvalue weighted by atomic mass is 9.95. The lowest BCUT2D eigenvalue weighted by Gasteiger charge is -2.30. The zero-order chi connectivity index (χ0) is 19.8. The summed E-state index contributed by atoms with van der Waals surface area (Å²) < 4.78 is 1.48. The molecule has 0 spiro atoms. The highest BCUT2D eigenvalue weighted by molar-refractivity contribution is 6.05. The Balaban J connectivity index is 1.84. The normalized spacial score (nSPS) is 22.4. The standard InChI is InChI=1S/C20H27N5O3/c1-3-8-25-17-16(19(27)24-20(25)28)13(9-15(22-17)12-4-5-12)18(26)23-14-6-7-21-10-11(14)2/h9,11-12,14,21H,3-8,10H2,1-2H3,(H,23,26)(H,24,27,28). The van der Waals surface area contributed by atoms with Crippen molar-refractivity contribution in [2.24, 2.45) is 5.92 Å². The zero-order valence-corrected chi connectivity index (χ0v) is 16.4. The van der Waals surface area contributed by atoms with Crippen LogP contribution in [-0.2, 0) is 6.54 Å². The van der Waals surface area contributed by atoms with Crippen LogP contribution < -0.4 is 21.9 Å². The third-order valence-corrected chi connectivity index (χ3v) is 5.76. The molecule has 1 saturated heterocycles. The number of aromatic nitrogens is 3. The molecule has 0 bridgehead atoms. The molecule has 0 radical (unpaired) electrons. The van der Waals surface area contributed by atoms with E-state index in [0.29, 0.717) is 29.6 Å². The van der Waals surface area contributed by atoms with Crippen LogP contribution in [0.2, 0.25) is 0 Å². The molecule has 2 unspecified atom stereocenters. The summed E-state index contributed by atoms with van der Waals surface area (Å²) >= 11 is 0. The fraction of sp³-hybridized carbons (Fsp3) is 0.600. The van der Waals surface area contributed by atoms with Crippen molar-refractivity contribution in [3.63, 3.8) is 0 Å². The molecule has 0 aromatic carbocycles. The Morgan fingerprint density at radius 1 is 1.32 bits per heavy atom. The van der Waals surface area contributed by atoms with E-state index in [1.165, 1.54) is 4.57 Å². The van der Waals surface area contributed by atoms with Crippen LogP contribution in [0, 0.1) is 5.92 Å². The Morgan fingerprint density at radius 2 is 2.11 bits per heavy atom. The van der Waals surface area contributed by atoms with Gasteiger partial charge in [-0.05, 0) is 50.8 Å². The molecule has 8 nitrogen and oxygen atoms in total. The summed E-state index contributed by atoms with van der Waals surface area (Å²) in [5, 5.41) is 6.64. The lowest BCUT2D eigenvalue weighted by molar-refractivity contribution is 0.0915. The molecule has 1 aliphatic heterocycles. The zero-order valence-electron chi connectivity index (χ0n) is 16.4. The van der Waals surface area contributed by atoms with E-state index < -0.39 is 11.2 Å². The third kappa shape index (κ3) is 3.48. The van der Waals surface area contributed by atoms with Gasteiger partial charge in [-0.15, -0.1) is 0 Å². The van der Waals surface area contributed by atoms with Crippen molar-refractivity contribution in [1.29, 1.82) is 0 Å². The first-order chi connectivity index (χ1) is 13.5. The molecule has 1 amide bonds. The predicted molar refractivity (Wildman–Crippen MR) is 107 cm³/mol. The van der Waals surface area contributed by atoms with Crippen LogP contribution in [0.4, 0.5) is 0 Å². The molecule has 28 heavy (non-hydrogen) atoms. The van der Waals surface area contributed by atoms with Gasteiger partial charge in [0.25, 0.3) is 11.5 Å². The van der Waals surface area contributed by atoms with Crippen molar-refractivity contribution >= 4 is 16.9 Å². The summed E-state index contributed by atoms with van der Waals surface area (Å²) in [6.07, 6.45) is 3.62. The molecular weight excluding hydrogens is 358 g/mol. The van der Waals surface area contributed by atoms with Crippen LogP contribution in [0.15, 0.2) is 15.7 Å². The highest BCUT2D eigenvalue weighted by Crippen LogP contribution is 2.39. The van der Waals surface area contributed by atoms with Crippen LogP contribution in [0.1, 0.15) is 61.5 Å². The van der Waals surface area contributed by atoms with Crippen LogP contribution in [0.5, 0.6) is 0 Å². The minimum Gasteiger partial charge on any atom is -0.349 e. The van der Waals surface area contributed by atoms with Crippen molar-refractivity contribution in [2.75, 3.05) is 13.1 Å². The van der Waals surface area contributed by atoms with Gasteiger partial charge >= 0.3 is 5.69 Å². The minimum atomic E-state index is -0.550. The molecule has 2 aromatic heterocycles. The Bertz CT molecular complexity index is 1020. The van der Waals surface area contributed by atoms with Crippen molar-refractivity contribution in [3.05, 3.63) is 38.2 Å². The van der Waals surface area contributed by atoms with Crippen LogP contribution >= 0.6 is 0 Å². The number of nitrogens with zero attached hydrogens (tertiary/aromatic N) is 2. The molecule has 1 saturated carbocycles. The Kier molecular flexibility index (Phi) is 5.05. The van der Waals surface area contributed by atoms with E-state index >= 15 is 0 Å². The smallest absolute Gasteiger partial charge is 0.329 e. The number of carbonyl (C=O) groups is 1. The van der Waals surface area contributed by atoms with E-state index in [1.807, 2.05) is 6.92 Å². The maximum atomic E-state index is 13.2. The van der Waals surface area contributed by atoms with E-state index in [0.717, 1.165) is 44.5 Å². The van der Waals surface area contributed by atoms with Crippen molar-refractivity contribution in [1.82, 2.24) is 25.2 Å². The Morgan fingerprint density at radius 3 is 2.79 bits per heavy atom. The molecule has 150 valence electrons. The number of H-pyrrole nitrogens is 1. The number of carbonyl (C=O) groups excluding carboxylic acids is 1. The van der Waals surface area contributed by atoms with Gasteiger partial charge in [0.15, 0.2) is 5.65 Å². The first kappa shape index (κ1) is 18.9. The molecule has 8 heteroatoms. The summed E-state index contributed by atoms with van der Waals surface area (Å²) in [5.74, 6) is 0.351. The lowest BCUT2D eigenvalue weighted by Crippen LogP contribution is -2.48. The fourth-order valence-electron chi connectivity index (χ4n) is 3.97. The van der Waals surface area contributed by atoms with Gasteiger partial charge in [0.05, 0.1) is 10.9 Å².